The minimum absolute atomic E-state index is 0.0319. The monoisotopic (exact) mass is 411 g/mol. The predicted octanol–water partition coefficient (Wildman–Crippen LogP) is 1.54. The van der Waals surface area contributed by atoms with E-state index in [1.807, 2.05) is 0 Å². The maximum atomic E-state index is 13.0. The fraction of sp³-hybridized carbons (Fsp3) is 0.562. The lowest BCUT2D eigenvalue weighted by molar-refractivity contribution is -0.141. The third kappa shape index (κ3) is 6.15. The van der Waals surface area contributed by atoms with Crippen molar-refractivity contribution in [3.63, 3.8) is 0 Å². The first-order valence-corrected chi connectivity index (χ1v) is 9.72. The normalized spacial score (nSPS) is 16.7. The van der Waals surface area contributed by atoms with Crippen molar-refractivity contribution in [2.45, 2.75) is 17.5 Å². The molecule has 152 valence electrons. The molecule has 0 N–H and O–H groups in total. The molecule has 0 atom stereocenters. The Kier molecular flexibility index (Phi) is 6.82. The van der Waals surface area contributed by atoms with Crippen LogP contribution in [0, 0.1) is 5.82 Å². The van der Waals surface area contributed by atoms with E-state index in [2.05, 4.69) is 0 Å². The van der Waals surface area contributed by atoms with Gasteiger partial charge in [0.1, 0.15) is 5.82 Å². The zero-order chi connectivity index (χ0) is 20.2. The van der Waals surface area contributed by atoms with Crippen molar-refractivity contribution in [1.82, 2.24) is 14.1 Å². The summed E-state index contributed by atoms with van der Waals surface area (Å²) < 4.78 is 75.9. The molecule has 27 heavy (non-hydrogen) atoms. The Hall–Kier alpha value is -1.72. The highest BCUT2D eigenvalue weighted by molar-refractivity contribution is 7.89. The van der Waals surface area contributed by atoms with Crippen LogP contribution in [-0.4, -0.2) is 80.9 Å². The molecule has 11 heteroatoms. The summed E-state index contributed by atoms with van der Waals surface area (Å²) in [5, 5.41) is 0. The summed E-state index contributed by atoms with van der Waals surface area (Å²) in [5.74, 6) is -0.891. The largest absolute Gasteiger partial charge is 0.390 e. The smallest absolute Gasteiger partial charge is 0.339 e. The number of hydrogen-bond acceptors (Lipinski definition) is 4. The van der Waals surface area contributed by atoms with E-state index in [1.165, 1.54) is 33.3 Å². The molecule has 0 aliphatic carbocycles. The summed E-state index contributed by atoms with van der Waals surface area (Å²) in [5.41, 5.74) is 0. The molecule has 1 heterocycles. The Morgan fingerprint density at radius 2 is 1.67 bits per heavy atom. The summed E-state index contributed by atoms with van der Waals surface area (Å²) in [6.07, 6.45) is -5.28. The van der Waals surface area contributed by atoms with E-state index < -0.39 is 28.4 Å². The Morgan fingerprint density at radius 3 is 2.19 bits per heavy atom. The highest BCUT2D eigenvalue weighted by atomic mass is 32.2. The van der Waals surface area contributed by atoms with Crippen molar-refractivity contribution in [1.29, 1.82) is 0 Å². The van der Waals surface area contributed by atoms with Crippen LogP contribution >= 0.6 is 0 Å². The minimum atomic E-state index is -4.28. The molecule has 0 spiro atoms. The summed E-state index contributed by atoms with van der Waals surface area (Å²) in [6.45, 7) is -0.0247. The predicted molar refractivity (Wildman–Crippen MR) is 89.9 cm³/mol. The van der Waals surface area contributed by atoms with Crippen LogP contribution in [0.15, 0.2) is 29.2 Å². The molecule has 1 aromatic carbocycles. The Bertz CT molecular complexity index is 745. The molecule has 0 aromatic heterocycles. The summed E-state index contributed by atoms with van der Waals surface area (Å²) in [4.78, 5) is 14.9. The summed E-state index contributed by atoms with van der Waals surface area (Å²) in [7, 11) is -2.35. The number of carbonyl (C=O) groups excluding carboxylic acids is 1. The fourth-order valence-electron chi connectivity index (χ4n) is 2.66. The number of amides is 1. The van der Waals surface area contributed by atoms with Gasteiger partial charge in [-0.1, -0.05) is 0 Å². The van der Waals surface area contributed by atoms with Crippen molar-refractivity contribution < 1.29 is 30.8 Å². The van der Waals surface area contributed by atoms with E-state index in [4.69, 9.17) is 0 Å². The molecule has 1 aliphatic heterocycles. The molecule has 0 saturated carbocycles. The standard InChI is InChI=1S/C16H21F4N3O3S/c1-21(7-6-16(18,19)20)12-15(24)22-8-10-23(11-9-22)27(25,26)14-4-2-13(17)3-5-14/h2-5H,6-12H2,1H3. The maximum absolute atomic E-state index is 13.0. The first kappa shape index (κ1) is 21.6. The average Bonchev–Trinajstić information content (AvgIpc) is 2.60. The van der Waals surface area contributed by atoms with E-state index >= 15 is 0 Å². The number of likely N-dealkylation sites (N-methyl/N-ethyl adjacent to an activating group) is 1. The number of nitrogens with zero attached hydrogens (tertiary/aromatic N) is 3. The van der Waals surface area contributed by atoms with E-state index in [1.54, 1.807) is 0 Å². The summed E-state index contributed by atoms with van der Waals surface area (Å²) >= 11 is 0. The molecule has 1 aliphatic rings. The average molecular weight is 411 g/mol. The Labute approximate surface area is 155 Å². The second-order valence-corrected chi connectivity index (χ2v) is 8.28. The topological polar surface area (TPSA) is 60.9 Å². The maximum Gasteiger partial charge on any atom is 0.390 e. The molecular formula is C16H21F4N3O3S. The first-order valence-electron chi connectivity index (χ1n) is 8.28. The van der Waals surface area contributed by atoms with Crippen LogP contribution in [0.4, 0.5) is 17.6 Å². The zero-order valence-electron chi connectivity index (χ0n) is 14.7. The molecule has 6 nitrogen and oxygen atoms in total. The van der Waals surface area contributed by atoms with Gasteiger partial charge in [-0.2, -0.15) is 17.5 Å². The van der Waals surface area contributed by atoms with E-state index in [0.29, 0.717) is 0 Å². The Morgan fingerprint density at radius 1 is 1.11 bits per heavy atom. The van der Waals surface area contributed by atoms with Gasteiger partial charge in [0.2, 0.25) is 15.9 Å². The van der Waals surface area contributed by atoms with Gasteiger partial charge in [0.05, 0.1) is 17.9 Å². The molecule has 1 aromatic rings. The van der Waals surface area contributed by atoms with E-state index in [0.717, 1.165) is 12.1 Å². The number of rotatable bonds is 6. The lowest BCUT2D eigenvalue weighted by Gasteiger charge is -2.34. The summed E-state index contributed by atoms with van der Waals surface area (Å²) in [6, 6.07) is 4.47. The number of piperazine rings is 1. The van der Waals surface area contributed by atoms with Gasteiger partial charge in [0.15, 0.2) is 0 Å². The number of carbonyl (C=O) groups is 1. The van der Waals surface area contributed by atoms with E-state index in [9.17, 15) is 30.8 Å². The number of benzene rings is 1. The van der Waals surface area contributed by atoms with Crippen molar-refractivity contribution in [2.75, 3.05) is 46.3 Å². The van der Waals surface area contributed by atoms with Crippen LogP contribution in [0.5, 0.6) is 0 Å². The third-order valence-corrected chi connectivity index (χ3v) is 6.14. The van der Waals surface area contributed by atoms with Crippen molar-refractivity contribution >= 4 is 15.9 Å². The van der Waals surface area contributed by atoms with Gasteiger partial charge in [0.25, 0.3) is 0 Å². The van der Waals surface area contributed by atoms with E-state index in [-0.39, 0.29) is 50.1 Å². The third-order valence-electron chi connectivity index (χ3n) is 4.22. The van der Waals surface area contributed by atoms with Crippen LogP contribution in [0.3, 0.4) is 0 Å². The number of halogens is 4. The van der Waals surface area contributed by atoms with Gasteiger partial charge in [-0.25, -0.2) is 12.8 Å². The highest BCUT2D eigenvalue weighted by Gasteiger charge is 2.31. The minimum Gasteiger partial charge on any atom is -0.339 e. The zero-order valence-corrected chi connectivity index (χ0v) is 15.6. The van der Waals surface area contributed by atoms with Crippen LogP contribution in [0.2, 0.25) is 0 Å². The lowest BCUT2D eigenvalue weighted by Crippen LogP contribution is -2.52. The van der Waals surface area contributed by atoms with Gasteiger partial charge in [-0.15, -0.1) is 0 Å². The molecular weight excluding hydrogens is 390 g/mol. The molecule has 0 unspecified atom stereocenters. The van der Waals surface area contributed by atoms with Gasteiger partial charge < -0.3 is 4.90 Å². The number of hydrogen-bond donors (Lipinski definition) is 0. The van der Waals surface area contributed by atoms with Gasteiger partial charge in [-0.05, 0) is 31.3 Å². The van der Waals surface area contributed by atoms with Crippen LogP contribution in [0.25, 0.3) is 0 Å². The quantitative estimate of drug-likeness (QED) is 0.667. The van der Waals surface area contributed by atoms with Crippen LogP contribution in [0.1, 0.15) is 6.42 Å². The second-order valence-electron chi connectivity index (χ2n) is 6.34. The van der Waals surface area contributed by atoms with Crippen molar-refractivity contribution in [2.24, 2.45) is 0 Å². The second kappa shape index (κ2) is 8.53. The molecule has 0 radical (unpaired) electrons. The molecule has 1 fully saturated rings. The highest BCUT2D eigenvalue weighted by Crippen LogP contribution is 2.20. The lowest BCUT2D eigenvalue weighted by atomic mass is 10.3. The Balaban J connectivity index is 1.87. The van der Waals surface area contributed by atoms with Gasteiger partial charge in [-0.3, -0.25) is 9.69 Å². The fourth-order valence-corrected chi connectivity index (χ4v) is 4.08. The van der Waals surface area contributed by atoms with Gasteiger partial charge in [0, 0.05) is 32.7 Å². The van der Waals surface area contributed by atoms with Crippen molar-refractivity contribution in [3.8, 4) is 0 Å². The first-order chi connectivity index (χ1) is 12.5. The van der Waals surface area contributed by atoms with Crippen LogP contribution < -0.4 is 0 Å². The molecule has 1 amide bonds. The molecule has 2 rings (SSSR count). The number of sulfonamides is 1. The van der Waals surface area contributed by atoms with Crippen molar-refractivity contribution in [3.05, 3.63) is 30.1 Å². The molecule has 1 saturated heterocycles. The van der Waals surface area contributed by atoms with Gasteiger partial charge >= 0.3 is 6.18 Å². The molecule has 0 bridgehead atoms. The SMILES string of the molecule is CN(CCC(F)(F)F)CC(=O)N1CCN(S(=O)(=O)c2ccc(F)cc2)CC1. The van der Waals surface area contributed by atoms with Crippen LogP contribution in [-0.2, 0) is 14.8 Å². The number of alkyl halides is 3.